The third-order valence-corrected chi connectivity index (χ3v) is 10.9. The Kier molecular flexibility index (Phi) is 20.9. The summed E-state index contributed by atoms with van der Waals surface area (Å²) in [6.07, 6.45) is 12.8. The minimum atomic E-state index is -0.826. The van der Waals surface area contributed by atoms with Crippen LogP contribution in [0.3, 0.4) is 0 Å². The molecule has 0 heterocycles. The molecule has 0 aliphatic carbocycles. The van der Waals surface area contributed by atoms with Crippen LogP contribution in [0.1, 0.15) is 76.3 Å². The Labute approximate surface area is 382 Å². The molecule has 0 atom stereocenters. The van der Waals surface area contributed by atoms with E-state index < -0.39 is 20.8 Å². The SMILES string of the molecule is CCCCCCc1cc2c(-c3ccccc3)ccc(-c3ccccc3)c2[cH-]1.CCCCCCc1cc2c(-c3ccccc3)ccc(-c3ccccc3)c2[cH-]1.C[Si]C.[Cl][Zr+2][Cl]. The molecule has 4 heteroatoms. The van der Waals surface area contributed by atoms with E-state index in [2.05, 4.69) is 197 Å². The molecule has 0 bridgehead atoms. The molecule has 0 N–H and O–H groups in total. The third kappa shape index (κ3) is 13.6. The molecule has 0 fully saturated rings. The van der Waals surface area contributed by atoms with E-state index in [1.165, 1.54) is 141 Å². The summed E-state index contributed by atoms with van der Waals surface area (Å²) in [4.78, 5) is 0. The van der Waals surface area contributed by atoms with E-state index in [4.69, 9.17) is 17.0 Å². The number of hydrogen-bond acceptors (Lipinski definition) is 0. The molecular formula is C56H60Cl2SiZr. The second-order valence-electron chi connectivity index (χ2n) is 15.4. The average Bonchev–Trinajstić information content (AvgIpc) is 3.93. The van der Waals surface area contributed by atoms with Crippen molar-refractivity contribution in [3.63, 3.8) is 0 Å². The summed E-state index contributed by atoms with van der Waals surface area (Å²) in [6, 6.07) is 61.9. The summed E-state index contributed by atoms with van der Waals surface area (Å²) >= 11 is -0.826. The van der Waals surface area contributed by atoms with Crippen molar-refractivity contribution >= 4 is 48.1 Å². The van der Waals surface area contributed by atoms with Gasteiger partial charge in [0.15, 0.2) is 0 Å². The van der Waals surface area contributed by atoms with E-state index in [0.717, 1.165) is 9.52 Å². The molecule has 8 rings (SSSR count). The zero-order valence-corrected chi connectivity index (χ0v) is 41.0. The van der Waals surface area contributed by atoms with Crippen LogP contribution in [-0.4, -0.2) is 9.52 Å². The second-order valence-corrected chi connectivity index (χ2v) is 20.1. The van der Waals surface area contributed by atoms with Crippen LogP contribution < -0.4 is 0 Å². The van der Waals surface area contributed by atoms with Crippen LogP contribution in [0.25, 0.3) is 66.1 Å². The van der Waals surface area contributed by atoms with E-state index in [1.54, 1.807) is 0 Å². The standard InChI is InChI=1S/2C27H27.C2H6Si.2ClH.Zr/c2*1-2-3-4-7-12-21-19-26-24(22-13-8-5-9-14-22)17-18-25(27(26)20-21)23-15-10-6-11-16-23;1-3-2;;;/h2*5-6,8-11,13-20H,2-4,7,12H2,1H3;1-2H3;2*1H;/q2*-1;;;;+4/p-2. The Morgan fingerprint density at radius 3 is 1.00 bits per heavy atom. The van der Waals surface area contributed by atoms with E-state index >= 15 is 0 Å². The van der Waals surface area contributed by atoms with Crippen molar-refractivity contribution < 1.29 is 20.8 Å². The molecule has 0 saturated heterocycles. The summed E-state index contributed by atoms with van der Waals surface area (Å²) < 4.78 is 0. The van der Waals surface area contributed by atoms with Crippen molar-refractivity contribution in [1.82, 2.24) is 0 Å². The average molecular weight is 923 g/mol. The normalized spacial score (nSPS) is 10.5. The first-order valence-electron chi connectivity index (χ1n) is 21.8. The Hall–Kier alpha value is -3.78. The molecule has 0 aromatic heterocycles. The fourth-order valence-electron chi connectivity index (χ4n) is 8.00. The molecule has 8 aromatic rings. The van der Waals surface area contributed by atoms with Gasteiger partial charge in [-0.1, -0.05) is 257 Å². The Morgan fingerprint density at radius 2 is 0.700 bits per heavy atom. The Morgan fingerprint density at radius 1 is 0.417 bits per heavy atom. The van der Waals surface area contributed by atoms with Crippen LogP contribution in [0.15, 0.2) is 170 Å². The van der Waals surface area contributed by atoms with Gasteiger partial charge in [-0.3, -0.25) is 0 Å². The summed E-state index contributed by atoms with van der Waals surface area (Å²) in [7, 11) is 11.0. The first-order chi connectivity index (χ1) is 29.6. The van der Waals surface area contributed by atoms with Crippen molar-refractivity contribution in [2.75, 3.05) is 0 Å². The second kappa shape index (κ2) is 26.5. The fourth-order valence-corrected chi connectivity index (χ4v) is 8.00. The van der Waals surface area contributed by atoms with Gasteiger partial charge in [0.1, 0.15) is 0 Å². The van der Waals surface area contributed by atoms with Gasteiger partial charge in [0.25, 0.3) is 0 Å². The minimum absolute atomic E-state index is 0.826. The Balaban J connectivity index is 0.000000201. The zero-order valence-electron chi connectivity index (χ0n) is 36.0. The van der Waals surface area contributed by atoms with Gasteiger partial charge < -0.3 is 0 Å². The fraction of sp³-hybridized carbons (Fsp3) is 0.250. The van der Waals surface area contributed by atoms with Crippen LogP contribution in [-0.2, 0) is 33.7 Å². The van der Waals surface area contributed by atoms with Crippen LogP contribution in [0.5, 0.6) is 0 Å². The number of aryl methyl sites for hydroxylation is 2. The number of halogens is 2. The van der Waals surface area contributed by atoms with Crippen molar-refractivity contribution in [1.29, 1.82) is 0 Å². The van der Waals surface area contributed by atoms with Gasteiger partial charge in [0.05, 0.1) is 0 Å². The van der Waals surface area contributed by atoms with Crippen LogP contribution in [0, 0.1) is 0 Å². The van der Waals surface area contributed by atoms with Crippen molar-refractivity contribution in [2.45, 2.75) is 91.1 Å². The quantitative estimate of drug-likeness (QED) is 0.0579. The van der Waals surface area contributed by atoms with Gasteiger partial charge in [-0.25, -0.2) is 0 Å². The topological polar surface area (TPSA) is 0 Å². The maximum atomic E-state index is 4.93. The van der Waals surface area contributed by atoms with Crippen molar-refractivity contribution in [3.05, 3.63) is 181 Å². The van der Waals surface area contributed by atoms with Gasteiger partial charge in [-0.2, -0.15) is 12.1 Å². The van der Waals surface area contributed by atoms with E-state index in [0.29, 0.717) is 0 Å². The predicted molar refractivity (Wildman–Crippen MR) is 266 cm³/mol. The first kappa shape index (κ1) is 47.3. The predicted octanol–water partition coefficient (Wildman–Crippen LogP) is 18.2. The monoisotopic (exact) mass is 920 g/mol. The van der Waals surface area contributed by atoms with Crippen molar-refractivity contribution in [2.24, 2.45) is 0 Å². The molecule has 0 amide bonds. The van der Waals surface area contributed by atoms with Crippen molar-refractivity contribution in [3.8, 4) is 44.5 Å². The number of unbranched alkanes of at least 4 members (excludes halogenated alkanes) is 6. The van der Waals surface area contributed by atoms with Gasteiger partial charge in [-0.15, -0.1) is 44.8 Å². The molecule has 8 aromatic carbocycles. The summed E-state index contributed by atoms with van der Waals surface area (Å²) in [5.74, 6) is 0. The Bertz CT molecular complexity index is 2060. The number of fused-ring (bicyclic) bond motifs is 2. The molecule has 0 saturated carbocycles. The zero-order chi connectivity index (χ0) is 42.4. The molecule has 60 heavy (non-hydrogen) atoms. The van der Waals surface area contributed by atoms with Crippen LogP contribution >= 0.6 is 17.0 Å². The number of hydrogen-bond donors (Lipinski definition) is 0. The molecule has 0 aliphatic heterocycles. The first-order valence-corrected chi connectivity index (χ1v) is 30.1. The van der Waals surface area contributed by atoms with Gasteiger partial charge in [0, 0.05) is 9.52 Å². The molecule has 0 unspecified atom stereocenters. The summed E-state index contributed by atoms with van der Waals surface area (Å²) in [5, 5.41) is 5.53. The van der Waals surface area contributed by atoms with Gasteiger partial charge in [-0.05, 0) is 24.0 Å². The molecule has 0 aliphatic rings. The summed E-state index contributed by atoms with van der Waals surface area (Å²) in [5.41, 5.74) is 13.5. The van der Waals surface area contributed by atoms with E-state index in [1.807, 2.05) is 0 Å². The van der Waals surface area contributed by atoms with Crippen LogP contribution in [0.2, 0.25) is 13.1 Å². The molecule has 0 spiro atoms. The van der Waals surface area contributed by atoms with Crippen LogP contribution in [0.4, 0.5) is 0 Å². The van der Waals surface area contributed by atoms with Gasteiger partial charge in [0.2, 0.25) is 0 Å². The van der Waals surface area contributed by atoms with E-state index in [9.17, 15) is 0 Å². The number of benzene rings is 6. The van der Waals surface area contributed by atoms with E-state index in [-0.39, 0.29) is 0 Å². The van der Waals surface area contributed by atoms with Gasteiger partial charge >= 0.3 is 37.9 Å². The molecular weight excluding hydrogens is 863 g/mol. The molecule has 0 nitrogen and oxygen atoms in total. The molecule has 2 radical (unpaired) electrons. The molecule has 306 valence electrons. The number of rotatable bonds is 14. The third-order valence-electron chi connectivity index (χ3n) is 10.9. The maximum absolute atomic E-state index is 4.93. The summed E-state index contributed by atoms with van der Waals surface area (Å²) in [6.45, 7) is 8.85.